The minimum absolute atomic E-state index is 0.0560. The lowest BCUT2D eigenvalue weighted by atomic mass is 10.1. The Morgan fingerprint density at radius 1 is 1.38 bits per heavy atom. The Morgan fingerprint density at radius 2 is 2.19 bits per heavy atom. The number of carbonyl (C=O) groups is 1. The standard InChI is InChI=1S/C15H22N4O2/c1-16-14-11(5-4-6-17-14)15(20)18-12-9-21-10-13(12)19-7-2-3-8-19/h4-6,12-13H,2-3,7-10H2,1H3,(H,16,17)(H,18,20)/t12-,13-/m1/s1. The van der Waals surface area contributed by atoms with Crippen molar-refractivity contribution in [3.05, 3.63) is 23.9 Å². The summed E-state index contributed by atoms with van der Waals surface area (Å²) in [5.41, 5.74) is 0.576. The number of ether oxygens (including phenoxy) is 1. The third-order valence-electron chi connectivity index (χ3n) is 4.27. The number of amides is 1. The molecule has 0 spiro atoms. The Morgan fingerprint density at radius 3 is 2.95 bits per heavy atom. The SMILES string of the molecule is CNc1ncccc1C(=O)N[C@@H]1COC[C@H]1N1CCCC1. The van der Waals surface area contributed by atoms with Gasteiger partial charge in [0.2, 0.25) is 0 Å². The molecule has 6 heteroatoms. The van der Waals surface area contributed by atoms with E-state index in [-0.39, 0.29) is 11.9 Å². The molecule has 0 aliphatic carbocycles. The van der Waals surface area contributed by atoms with E-state index in [0.717, 1.165) is 13.1 Å². The summed E-state index contributed by atoms with van der Waals surface area (Å²) in [6, 6.07) is 3.92. The Kier molecular flexibility index (Phi) is 4.36. The van der Waals surface area contributed by atoms with Crippen LogP contribution in [0.15, 0.2) is 18.3 Å². The first-order chi connectivity index (χ1) is 10.3. The highest BCUT2D eigenvalue weighted by Crippen LogP contribution is 2.20. The van der Waals surface area contributed by atoms with Gasteiger partial charge in [0.1, 0.15) is 5.82 Å². The normalized spacial score (nSPS) is 26.0. The third-order valence-corrected chi connectivity index (χ3v) is 4.27. The van der Waals surface area contributed by atoms with Gasteiger partial charge in [-0.05, 0) is 38.1 Å². The first-order valence-electron chi connectivity index (χ1n) is 7.55. The first kappa shape index (κ1) is 14.3. The van der Waals surface area contributed by atoms with Crippen LogP contribution in [0.25, 0.3) is 0 Å². The van der Waals surface area contributed by atoms with Crippen molar-refractivity contribution < 1.29 is 9.53 Å². The molecule has 0 aromatic carbocycles. The van der Waals surface area contributed by atoms with Crippen molar-refractivity contribution in [2.24, 2.45) is 0 Å². The maximum atomic E-state index is 12.5. The van der Waals surface area contributed by atoms with E-state index < -0.39 is 0 Å². The van der Waals surface area contributed by atoms with Crippen molar-refractivity contribution in [1.82, 2.24) is 15.2 Å². The highest BCUT2D eigenvalue weighted by atomic mass is 16.5. The molecule has 3 rings (SSSR count). The fourth-order valence-electron chi connectivity index (χ4n) is 3.15. The number of nitrogens with zero attached hydrogens (tertiary/aromatic N) is 2. The van der Waals surface area contributed by atoms with Crippen LogP contribution in [-0.2, 0) is 4.74 Å². The molecule has 1 amide bonds. The van der Waals surface area contributed by atoms with Gasteiger partial charge in [-0.15, -0.1) is 0 Å². The summed E-state index contributed by atoms with van der Waals surface area (Å²) in [6.07, 6.45) is 4.15. The zero-order valence-electron chi connectivity index (χ0n) is 12.3. The van der Waals surface area contributed by atoms with Gasteiger partial charge in [-0.1, -0.05) is 0 Å². The van der Waals surface area contributed by atoms with Gasteiger partial charge in [-0.3, -0.25) is 9.69 Å². The lowest BCUT2D eigenvalue weighted by Crippen LogP contribution is -2.50. The zero-order valence-corrected chi connectivity index (χ0v) is 12.3. The zero-order chi connectivity index (χ0) is 14.7. The number of rotatable bonds is 4. The minimum atomic E-state index is -0.0906. The summed E-state index contributed by atoms with van der Waals surface area (Å²) >= 11 is 0. The van der Waals surface area contributed by atoms with Gasteiger partial charge >= 0.3 is 0 Å². The predicted molar refractivity (Wildman–Crippen MR) is 80.5 cm³/mol. The van der Waals surface area contributed by atoms with E-state index in [9.17, 15) is 4.79 Å². The van der Waals surface area contributed by atoms with Crippen molar-refractivity contribution in [3.8, 4) is 0 Å². The highest BCUT2D eigenvalue weighted by molar-refractivity contribution is 5.98. The molecule has 2 fully saturated rings. The molecule has 1 aromatic rings. The number of anilines is 1. The number of hydrogen-bond acceptors (Lipinski definition) is 5. The molecule has 2 N–H and O–H groups in total. The molecule has 6 nitrogen and oxygen atoms in total. The van der Waals surface area contributed by atoms with Crippen molar-refractivity contribution in [3.63, 3.8) is 0 Å². The van der Waals surface area contributed by atoms with Crippen molar-refractivity contribution in [2.75, 3.05) is 38.7 Å². The van der Waals surface area contributed by atoms with E-state index in [2.05, 4.69) is 20.5 Å². The van der Waals surface area contributed by atoms with Crippen LogP contribution >= 0.6 is 0 Å². The molecule has 2 aliphatic rings. The molecular weight excluding hydrogens is 268 g/mol. The van der Waals surface area contributed by atoms with Crippen LogP contribution in [0, 0.1) is 0 Å². The Balaban J connectivity index is 1.68. The maximum Gasteiger partial charge on any atom is 0.255 e. The Hall–Kier alpha value is -1.66. The molecule has 0 unspecified atom stereocenters. The number of carbonyl (C=O) groups excluding carboxylic acids is 1. The van der Waals surface area contributed by atoms with E-state index in [4.69, 9.17) is 4.74 Å². The van der Waals surface area contributed by atoms with Crippen LogP contribution in [0.2, 0.25) is 0 Å². The molecule has 2 aliphatic heterocycles. The Labute approximate surface area is 124 Å². The average Bonchev–Trinajstić information content (AvgIpc) is 3.17. The van der Waals surface area contributed by atoms with Gasteiger partial charge in [-0.25, -0.2) is 4.98 Å². The number of likely N-dealkylation sites (tertiary alicyclic amines) is 1. The first-order valence-corrected chi connectivity index (χ1v) is 7.55. The van der Waals surface area contributed by atoms with Crippen molar-refractivity contribution >= 4 is 11.7 Å². The third kappa shape index (κ3) is 3.01. The average molecular weight is 290 g/mol. The van der Waals surface area contributed by atoms with Crippen LogP contribution in [0.1, 0.15) is 23.2 Å². The fourth-order valence-corrected chi connectivity index (χ4v) is 3.15. The number of hydrogen-bond donors (Lipinski definition) is 2. The quantitative estimate of drug-likeness (QED) is 0.855. The molecule has 114 valence electrons. The molecule has 0 radical (unpaired) electrons. The van der Waals surface area contributed by atoms with Crippen molar-refractivity contribution in [2.45, 2.75) is 24.9 Å². The van der Waals surface area contributed by atoms with Gasteiger partial charge < -0.3 is 15.4 Å². The van der Waals surface area contributed by atoms with Gasteiger partial charge in [0.05, 0.1) is 30.9 Å². The molecule has 3 heterocycles. The van der Waals surface area contributed by atoms with E-state index in [0.29, 0.717) is 30.6 Å². The molecular formula is C15H22N4O2. The molecule has 2 atom stereocenters. The Bertz CT molecular complexity index is 502. The lowest BCUT2D eigenvalue weighted by Gasteiger charge is -2.28. The van der Waals surface area contributed by atoms with Crippen LogP contribution in [0.3, 0.4) is 0 Å². The van der Waals surface area contributed by atoms with Gasteiger partial charge in [0.15, 0.2) is 0 Å². The van der Waals surface area contributed by atoms with E-state index in [1.807, 2.05) is 0 Å². The smallest absolute Gasteiger partial charge is 0.255 e. The van der Waals surface area contributed by atoms with Gasteiger partial charge in [-0.2, -0.15) is 0 Å². The second kappa shape index (κ2) is 6.41. The topological polar surface area (TPSA) is 66.5 Å². The molecule has 2 saturated heterocycles. The highest BCUT2D eigenvalue weighted by Gasteiger charge is 2.35. The van der Waals surface area contributed by atoms with Crippen LogP contribution < -0.4 is 10.6 Å². The summed E-state index contributed by atoms with van der Waals surface area (Å²) in [5, 5.41) is 6.07. The lowest BCUT2D eigenvalue weighted by molar-refractivity contribution is 0.0917. The van der Waals surface area contributed by atoms with E-state index >= 15 is 0 Å². The summed E-state index contributed by atoms with van der Waals surface area (Å²) in [6.45, 7) is 3.50. The molecule has 1 aromatic heterocycles. The fraction of sp³-hybridized carbons (Fsp3) is 0.600. The number of nitrogens with one attached hydrogen (secondary N) is 2. The van der Waals surface area contributed by atoms with E-state index in [1.54, 1.807) is 25.4 Å². The van der Waals surface area contributed by atoms with E-state index in [1.165, 1.54) is 12.8 Å². The summed E-state index contributed by atoms with van der Waals surface area (Å²) in [7, 11) is 1.77. The second-order valence-corrected chi connectivity index (χ2v) is 5.58. The minimum Gasteiger partial charge on any atom is -0.378 e. The molecule has 21 heavy (non-hydrogen) atoms. The molecule has 0 saturated carbocycles. The monoisotopic (exact) mass is 290 g/mol. The van der Waals surface area contributed by atoms with Gasteiger partial charge in [0.25, 0.3) is 5.91 Å². The largest absolute Gasteiger partial charge is 0.378 e. The van der Waals surface area contributed by atoms with Crippen LogP contribution in [0.4, 0.5) is 5.82 Å². The second-order valence-electron chi connectivity index (χ2n) is 5.58. The summed E-state index contributed by atoms with van der Waals surface area (Å²) < 4.78 is 5.59. The summed E-state index contributed by atoms with van der Waals surface area (Å²) in [5.74, 6) is 0.513. The predicted octanol–water partition coefficient (Wildman–Crippen LogP) is 0.716. The van der Waals surface area contributed by atoms with Crippen molar-refractivity contribution in [1.29, 1.82) is 0 Å². The molecule has 0 bridgehead atoms. The van der Waals surface area contributed by atoms with Crippen LogP contribution in [-0.4, -0.2) is 61.2 Å². The number of aromatic nitrogens is 1. The summed E-state index contributed by atoms with van der Waals surface area (Å²) in [4.78, 5) is 19.1. The van der Waals surface area contributed by atoms with Crippen LogP contribution in [0.5, 0.6) is 0 Å². The van der Waals surface area contributed by atoms with Gasteiger partial charge in [0, 0.05) is 13.2 Å². The number of pyridine rings is 1. The maximum absolute atomic E-state index is 12.5.